The Labute approximate surface area is 319 Å². The van der Waals surface area contributed by atoms with Gasteiger partial charge in [-0.3, -0.25) is 4.90 Å². The predicted octanol–water partition coefficient (Wildman–Crippen LogP) is 14.7. The summed E-state index contributed by atoms with van der Waals surface area (Å²) in [5, 5.41) is 0. The molecule has 1 aliphatic carbocycles. The van der Waals surface area contributed by atoms with Gasteiger partial charge in [-0.25, -0.2) is 0 Å². The summed E-state index contributed by atoms with van der Waals surface area (Å²) < 4.78 is 0. The first-order chi connectivity index (χ1) is 25.0. The molecular weight excluding hydrogens is 627 g/mol. The van der Waals surface area contributed by atoms with Crippen molar-refractivity contribution in [3.05, 3.63) is 143 Å². The van der Waals surface area contributed by atoms with Crippen LogP contribution in [-0.2, 0) is 6.42 Å². The Morgan fingerprint density at radius 2 is 1.44 bits per heavy atom. The van der Waals surface area contributed by atoms with Crippen molar-refractivity contribution in [2.45, 2.75) is 137 Å². The largest absolute Gasteiger partial charge is 0.292 e. The van der Waals surface area contributed by atoms with Crippen molar-refractivity contribution < 1.29 is 0 Å². The van der Waals surface area contributed by atoms with Crippen molar-refractivity contribution >= 4 is 11.1 Å². The molecule has 0 N–H and O–H groups in total. The second-order valence-corrected chi connectivity index (χ2v) is 17.0. The van der Waals surface area contributed by atoms with Crippen LogP contribution in [0.25, 0.3) is 11.1 Å². The summed E-state index contributed by atoms with van der Waals surface area (Å²) in [4.78, 5) is 2.72. The molecule has 5 rings (SSSR count). The zero-order valence-corrected chi connectivity index (χ0v) is 34.0. The molecule has 0 radical (unpaired) electrons. The van der Waals surface area contributed by atoms with Crippen LogP contribution >= 0.6 is 0 Å². The number of allylic oxidation sites excluding steroid dienone is 4. The van der Waals surface area contributed by atoms with E-state index in [2.05, 4.69) is 145 Å². The fourth-order valence-corrected chi connectivity index (χ4v) is 9.56. The molecule has 2 aliphatic rings. The van der Waals surface area contributed by atoms with Crippen LogP contribution in [0, 0.1) is 17.8 Å². The SMILES string of the molecule is C=C(CCCCCC)CCCC[C@@H](C(=C)c1ccccc1[C@@H](C)N1CC=C2C(C)(C)C(c3ccc(CCC)cc3)=CC[C@]2(C)C1)c1ccccc1C. The van der Waals surface area contributed by atoms with Crippen LogP contribution in [-0.4, -0.2) is 18.0 Å². The monoisotopic (exact) mass is 696 g/mol. The Bertz CT molecular complexity index is 1710. The third kappa shape index (κ3) is 9.20. The minimum Gasteiger partial charge on any atom is -0.292 e. The smallest absolute Gasteiger partial charge is 0.0329 e. The standard InChI is InChI=1S/C51H69N/c1-10-12-13-14-22-38(3)23-15-17-26-45(44-25-18-16-24-39(44)4)40(5)46-27-19-20-28-47(46)41(6)52-36-34-49-50(7,8)48(33-35-51(49,9)37-52)43-31-29-42(21-11-2)30-32-43/h16,18-20,24-25,27-34,41,45H,3,5,10-15,17,21-23,26,35-37H2,1-2,4,6-9H3/t41-,45+,51-/m1/s1. The molecule has 1 heterocycles. The van der Waals surface area contributed by atoms with E-state index >= 15 is 0 Å². The molecule has 0 spiro atoms. The van der Waals surface area contributed by atoms with Crippen LogP contribution in [0.4, 0.5) is 0 Å². The second-order valence-electron chi connectivity index (χ2n) is 17.0. The van der Waals surface area contributed by atoms with E-state index < -0.39 is 0 Å². The molecule has 0 amide bonds. The number of nitrogens with zero attached hydrogens (tertiary/aromatic N) is 1. The first-order valence-electron chi connectivity index (χ1n) is 20.8. The van der Waals surface area contributed by atoms with Gasteiger partial charge in [-0.15, -0.1) is 0 Å². The molecular formula is C51H69N. The normalized spacial score (nSPS) is 19.7. The Kier molecular flexibility index (Phi) is 13.8. The topological polar surface area (TPSA) is 3.24 Å². The van der Waals surface area contributed by atoms with Crippen molar-refractivity contribution in [2.24, 2.45) is 10.8 Å². The average Bonchev–Trinajstić information content (AvgIpc) is 3.13. The molecule has 3 aromatic rings. The minimum absolute atomic E-state index is 0.00295. The van der Waals surface area contributed by atoms with Crippen LogP contribution in [0.2, 0.25) is 0 Å². The van der Waals surface area contributed by atoms with Gasteiger partial charge in [-0.2, -0.15) is 0 Å². The summed E-state index contributed by atoms with van der Waals surface area (Å²) in [6, 6.07) is 27.8. The Morgan fingerprint density at radius 3 is 2.13 bits per heavy atom. The maximum absolute atomic E-state index is 4.90. The number of aryl methyl sites for hydroxylation is 2. The number of hydrogen-bond acceptors (Lipinski definition) is 1. The summed E-state index contributed by atoms with van der Waals surface area (Å²) in [6.45, 7) is 28.0. The average molecular weight is 696 g/mol. The van der Waals surface area contributed by atoms with E-state index in [-0.39, 0.29) is 16.9 Å². The highest BCUT2D eigenvalue weighted by molar-refractivity contribution is 5.75. The van der Waals surface area contributed by atoms with Gasteiger partial charge < -0.3 is 0 Å². The molecule has 1 nitrogen and oxygen atoms in total. The van der Waals surface area contributed by atoms with E-state index in [1.165, 1.54) is 101 Å². The van der Waals surface area contributed by atoms with Crippen LogP contribution in [0.1, 0.15) is 158 Å². The van der Waals surface area contributed by atoms with Gasteiger partial charge in [0.05, 0.1) is 0 Å². The van der Waals surface area contributed by atoms with Crippen molar-refractivity contribution in [3.8, 4) is 0 Å². The van der Waals surface area contributed by atoms with Gasteiger partial charge in [-0.1, -0.05) is 176 Å². The highest BCUT2D eigenvalue weighted by Crippen LogP contribution is 2.56. The minimum atomic E-state index is 0.00295. The zero-order chi connectivity index (χ0) is 37.3. The molecule has 0 saturated heterocycles. The third-order valence-electron chi connectivity index (χ3n) is 12.6. The molecule has 1 aliphatic heterocycles. The quantitative estimate of drug-likeness (QED) is 0.0946. The lowest BCUT2D eigenvalue weighted by molar-refractivity contribution is 0.130. The van der Waals surface area contributed by atoms with E-state index in [1.54, 1.807) is 5.57 Å². The van der Waals surface area contributed by atoms with E-state index in [9.17, 15) is 0 Å². The molecule has 0 fully saturated rings. The van der Waals surface area contributed by atoms with Crippen LogP contribution in [0.3, 0.4) is 0 Å². The maximum atomic E-state index is 4.90. The van der Waals surface area contributed by atoms with Gasteiger partial charge in [0.2, 0.25) is 0 Å². The molecule has 0 saturated carbocycles. The Balaban J connectivity index is 1.33. The highest BCUT2D eigenvalue weighted by atomic mass is 15.2. The predicted molar refractivity (Wildman–Crippen MR) is 229 cm³/mol. The van der Waals surface area contributed by atoms with E-state index in [1.807, 2.05) is 0 Å². The second kappa shape index (κ2) is 18.1. The summed E-state index contributed by atoms with van der Waals surface area (Å²) in [6.07, 6.45) is 19.7. The van der Waals surface area contributed by atoms with Crippen molar-refractivity contribution in [1.29, 1.82) is 0 Å². The van der Waals surface area contributed by atoms with Gasteiger partial charge in [0, 0.05) is 35.9 Å². The summed E-state index contributed by atoms with van der Waals surface area (Å²) in [5.41, 5.74) is 14.3. The van der Waals surface area contributed by atoms with Gasteiger partial charge >= 0.3 is 0 Å². The summed E-state index contributed by atoms with van der Waals surface area (Å²) in [5.74, 6) is 0.302. The highest BCUT2D eigenvalue weighted by Gasteiger charge is 2.46. The van der Waals surface area contributed by atoms with Crippen molar-refractivity contribution in [2.75, 3.05) is 13.1 Å². The van der Waals surface area contributed by atoms with E-state index in [4.69, 9.17) is 6.58 Å². The molecule has 0 bridgehead atoms. The molecule has 278 valence electrons. The fraction of sp³-hybridized carbons (Fsp3) is 0.490. The number of hydrogen-bond donors (Lipinski definition) is 0. The Hall–Kier alpha value is -3.42. The van der Waals surface area contributed by atoms with Crippen LogP contribution in [0.15, 0.2) is 109 Å². The van der Waals surface area contributed by atoms with Gasteiger partial charge in [0.1, 0.15) is 0 Å². The molecule has 1 heteroatoms. The van der Waals surface area contributed by atoms with Crippen molar-refractivity contribution in [1.82, 2.24) is 4.90 Å². The molecule has 3 atom stereocenters. The lowest BCUT2D eigenvalue weighted by Gasteiger charge is -2.52. The number of unbranched alkanes of at least 4 members (excludes halogenated alkanes) is 4. The first-order valence-corrected chi connectivity index (χ1v) is 20.8. The van der Waals surface area contributed by atoms with Crippen LogP contribution < -0.4 is 0 Å². The maximum Gasteiger partial charge on any atom is 0.0329 e. The molecule has 0 unspecified atom stereocenters. The molecule has 52 heavy (non-hydrogen) atoms. The van der Waals surface area contributed by atoms with Crippen LogP contribution in [0.5, 0.6) is 0 Å². The number of benzene rings is 3. The molecule has 0 aromatic heterocycles. The third-order valence-corrected chi connectivity index (χ3v) is 12.6. The van der Waals surface area contributed by atoms with Gasteiger partial charge in [0.25, 0.3) is 0 Å². The summed E-state index contributed by atoms with van der Waals surface area (Å²) >= 11 is 0. The fourth-order valence-electron chi connectivity index (χ4n) is 9.56. The number of fused-ring (bicyclic) bond motifs is 1. The van der Waals surface area contributed by atoms with Crippen molar-refractivity contribution in [3.63, 3.8) is 0 Å². The lowest BCUT2D eigenvalue weighted by atomic mass is 9.58. The first kappa shape index (κ1) is 39.8. The zero-order valence-electron chi connectivity index (χ0n) is 34.0. The lowest BCUT2D eigenvalue weighted by Crippen LogP contribution is -2.47. The van der Waals surface area contributed by atoms with Gasteiger partial charge in [-0.05, 0) is 103 Å². The number of rotatable bonds is 18. The van der Waals surface area contributed by atoms with E-state index in [0.29, 0.717) is 5.92 Å². The molecule has 3 aromatic carbocycles. The van der Waals surface area contributed by atoms with Gasteiger partial charge in [0.15, 0.2) is 0 Å². The Morgan fingerprint density at radius 1 is 0.769 bits per heavy atom. The van der Waals surface area contributed by atoms with E-state index in [0.717, 1.165) is 38.8 Å². The summed E-state index contributed by atoms with van der Waals surface area (Å²) in [7, 11) is 0.